The molecule has 176 valence electrons. The van der Waals surface area contributed by atoms with Crippen LogP contribution in [0.2, 0.25) is 0 Å². The Hall–Kier alpha value is -2.24. The Morgan fingerprint density at radius 1 is 1.10 bits per heavy atom. The van der Waals surface area contributed by atoms with Crippen molar-refractivity contribution in [2.75, 3.05) is 26.2 Å². The van der Waals surface area contributed by atoms with Crippen LogP contribution < -0.4 is 0 Å². The van der Waals surface area contributed by atoms with Gasteiger partial charge in [0, 0.05) is 25.0 Å². The lowest BCUT2D eigenvalue weighted by Gasteiger charge is -2.40. The number of aliphatic carboxylic acids is 1. The van der Waals surface area contributed by atoms with Crippen LogP contribution in [0.25, 0.3) is 0 Å². The predicted molar refractivity (Wildman–Crippen MR) is 95.9 cm³/mol. The number of aryl methyl sites for hydroxylation is 1. The van der Waals surface area contributed by atoms with Gasteiger partial charge in [0.2, 0.25) is 5.91 Å². The second kappa shape index (κ2) is 9.49. The summed E-state index contributed by atoms with van der Waals surface area (Å²) in [5, 5.41) is 7.12. The fourth-order valence-electron chi connectivity index (χ4n) is 4.00. The van der Waals surface area contributed by atoms with E-state index in [-0.39, 0.29) is 5.41 Å². The molecule has 1 amide bonds. The smallest absolute Gasteiger partial charge is 0.475 e. The number of hydrogen-bond donors (Lipinski definition) is 1. The first kappa shape index (κ1) is 25.0. The Kier molecular flexibility index (Phi) is 7.66. The van der Waals surface area contributed by atoms with Gasteiger partial charge in [0.1, 0.15) is 17.9 Å². The molecule has 1 spiro atoms. The van der Waals surface area contributed by atoms with E-state index in [9.17, 15) is 31.1 Å². The number of rotatable bonds is 3. The molecule has 1 unspecified atom stereocenters. The van der Waals surface area contributed by atoms with Crippen LogP contribution in [0.5, 0.6) is 0 Å². The van der Waals surface area contributed by atoms with Crippen LogP contribution in [-0.2, 0) is 16.1 Å². The van der Waals surface area contributed by atoms with Gasteiger partial charge >= 0.3 is 18.3 Å². The van der Waals surface area contributed by atoms with Gasteiger partial charge < -0.3 is 14.4 Å². The van der Waals surface area contributed by atoms with Gasteiger partial charge in [0.15, 0.2) is 0 Å². The number of carboxylic acids is 1. The number of carboxylic acid groups (broad SMARTS) is 1. The maximum absolute atomic E-state index is 12.4. The molecular formula is C19H24F6N2O4. The van der Waals surface area contributed by atoms with E-state index < -0.39 is 30.6 Å². The van der Waals surface area contributed by atoms with Crippen molar-refractivity contribution >= 4 is 11.9 Å². The number of nitrogens with zero attached hydrogens (tertiary/aromatic N) is 2. The van der Waals surface area contributed by atoms with Crippen LogP contribution in [0.4, 0.5) is 26.3 Å². The first-order valence-corrected chi connectivity index (χ1v) is 9.61. The highest BCUT2D eigenvalue weighted by Gasteiger charge is 2.44. The standard InChI is InChI=1S/C17H23F3N2O2.C2HF3O2/c1-13-3-4-14(24-13)10-21-7-2-5-16(11-21)6-8-22(12-16)15(23)9-17(18,19)20;3-2(4,5)1(6)7/h3-4H,2,5-12H2,1H3;(H,6,7). The molecule has 1 N–H and O–H groups in total. The Morgan fingerprint density at radius 2 is 1.74 bits per heavy atom. The summed E-state index contributed by atoms with van der Waals surface area (Å²) >= 11 is 0. The molecule has 0 saturated carbocycles. The van der Waals surface area contributed by atoms with Gasteiger partial charge in [-0.1, -0.05) is 0 Å². The number of alkyl halides is 6. The quantitative estimate of drug-likeness (QED) is 0.694. The van der Waals surface area contributed by atoms with E-state index in [0.717, 1.165) is 43.9 Å². The summed E-state index contributed by atoms with van der Waals surface area (Å²) in [4.78, 5) is 24.4. The molecule has 6 nitrogen and oxygen atoms in total. The van der Waals surface area contributed by atoms with Gasteiger partial charge in [-0.15, -0.1) is 0 Å². The van der Waals surface area contributed by atoms with Crippen LogP contribution >= 0.6 is 0 Å². The second-order valence-electron chi connectivity index (χ2n) is 7.99. The van der Waals surface area contributed by atoms with Crippen LogP contribution in [0.1, 0.15) is 37.2 Å². The third-order valence-electron chi connectivity index (χ3n) is 5.30. The van der Waals surface area contributed by atoms with E-state index >= 15 is 0 Å². The number of halogens is 6. The lowest BCUT2D eigenvalue weighted by molar-refractivity contribution is -0.192. The molecule has 3 heterocycles. The molecule has 31 heavy (non-hydrogen) atoms. The number of carbonyl (C=O) groups excluding carboxylic acids is 1. The van der Waals surface area contributed by atoms with Crippen LogP contribution in [0.3, 0.4) is 0 Å². The highest BCUT2D eigenvalue weighted by Crippen LogP contribution is 2.40. The maximum atomic E-state index is 12.4. The molecule has 0 radical (unpaired) electrons. The molecule has 1 aromatic rings. The largest absolute Gasteiger partial charge is 0.490 e. The van der Waals surface area contributed by atoms with E-state index in [1.807, 2.05) is 19.1 Å². The van der Waals surface area contributed by atoms with Crippen molar-refractivity contribution in [2.45, 2.75) is 51.5 Å². The Morgan fingerprint density at radius 3 is 2.26 bits per heavy atom. The number of carbonyl (C=O) groups is 2. The Labute approximate surface area is 174 Å². The molecule has 1 atom stereocenters. The summed E-state index contributed by atoms with van der Waals surface area (Å²) < 4.78 is 74.7. The second-order valence-corrected chi connectivity index (χ2v) is 7.99. The van der Waals surface area contributed by atoms with Crippen molar-refractivity contribution in [3.05, 3.63) is 23.7 Å². The van der Waals surface area contributed by atoms with Gasteiger partial charge in [-0.2, -0.15) is 26.3 Å². The molecule has 0 aromatic carbocycles. The topological polar surface area (TPSA) is 74.0 Å². The van der Waals surface area contributed by atoms with Gasteiger partial charge in [0.05, 0.1) is 6.54 Å². The zero-order chi connectivity index (χ0) is 23.4. The molecule has 0 aliphatic carbocycles. The lowest BCUT2D eigenvalue weighted by atomic mass is 9.79. The van der Waals surface area contributed by atoms with Crippen molar-refractivity contribution in [3.63, 3.8) is 0 Å². The van der Waals surface area contributed by atoms with Gasteiger partial charge in [0.25, 0.3) is 0 Å². The lowest BCUT2D eigenvalue weighted by Crippen LogP contribution is -2.45. The van der Waals surface area contributed by atoms with Crippen LogP contribution in [0, 0.1) is 12.3 Å². The Balaban J connectivity index is 0.000000423. The van der Waals surface area contributed by atoms with E-state index in [2.05, 4.69) is 4.90 Å². The number of amides is 1. The van der Waals surface area contributed by atoms with Crippen molar-refractivity contribution in [3.8, 4) is 0 Å². The minimum atomic E-state index is -5.08. The maximum Gasteiger partial charge on any atom is 0.490 e. The first-order valence-electron chi connectivity index (χ1n) is 9.61. The SMILES string of the molecule is Cc1ccc(CN2CCCC3(CCN(C(=O)CC(F)(F)F)C3)C2)o1.O=C(O)C(F)(F)F. The van der Waals surface area contributed by atoms with Crippen molar-refractivity contribution in [1.82, 2.24) is 9.80 Å². The number of piperidine rings is 1. The fourth-order valence-corrected chi connectivity index (χ4v) is 4.00. The van der Waals surface area contributed by atoms with E-state index in [0.29, 0.717) is 19.6 Å². The van der Waals surface area contributed by atoms with E-state index in [1.165, 1.54) is 4.90 Å². The molecule has 1 aromatic heterocycles. The first-order chi connectivity index (χ1) is 14.2. The zero-order valence-electron chi connectivity index (χ0n) is 16.9. The normalized spacial score (nSPS) is 22.4. The van der Waals surface area contributed by atoms with Crippen molar-refractivity contribution < 1.29 is 45.5 Å². The molecule has 3 rings (SSSR count). The fraction of sp³-hybridized carbons (Fsp3) is 0.684. The number of hydrogen-bond acceptors (Lipinski definition) is 4. The molecular weight excluding hydrogens is 434 g/mol. The molecule has 2 saturated heterocycles. The zero-order valence-corrected chi connectivity index (χ0v) is 16.9. The van der Waals surface area contributed by atoms with Crippen LogP contribution in [-0.4, -0.2) is 65.3 Å². The van der Waals surface area contributed by atoms with E-state index in [1.54, 1.807) is 0 Å². The number of likely N-dealkylation sites (tertiary alicyclic amines) is 2. The summed E-state index contributed by atoms with van der Waals surface area (Å²) in [7, 11) is 0. The molecule has 2 aliphatic rings. The molecule has 2 fully saturated rings. The van der Waals surface area contributed by atoms with Crippen LogP contribution in [0.15, 0.2) is 16.5 Å². The molecule has 12 heteroatoms. The monoisotopic (exact) mass is 458 g/mol. The minimum absolute atomic E-state index is 0.0683. The summed E-state index contributed by atoms with van der Waals surface area (Å²) in [6.45, 7) is 5.26. The highest BCUT2D eigenvalue weighted by molar-refractivity contribution is 5.77. The molecule has 2 aliphatic heterocycles. The summed E-state index contributed by atoms with van der Waals surface area (Å²) in [5.74, 6) is -1.76. The third kappa shape index (κ3) is 7.75. The van der Waals surface area contributed by atoms with Gasteiger partial charge in [-0.05, 0) is 44.9 Å². The van der Waals surface area contributed by atoms with Crippen molar-refractivity contribution in [1.29, 1.82) is 0 Å². The summed E-state index contributed by atoms with van der Waals surface area (Å²) in [6, 6.07) is 3.90. The highest BCUT2D eigenvalue weighted by atomic mass is 19.4. The van der Waals surface area contributed by atoms with Gasteiger partial charge in [-0.25, -0.2) is 4.79 Å². The summed E-state index contributed by atoms with van der Waals surface area (Å²) in [6.07, 6.45) is -8.11. The third-order valence-corrected chi connectivity index (χ3v) is 5.30. The van der Waals surface area contributed by atoms with Crippen molar-refractivity contribution in [2.24, 2.45) is 5.41 Å². The molecule has 0 bridgehead atoms. The summed E-state index contributed by atoms with van der Waals surface area (Å²) in [5.41, 5.74) is -0.0683. The predicted octanol–water partition coefficient (Wildman–Crippen LogP) is 3.99. The van der Waals surface area contributed by atoms with E-state index in [4.69, 9.17) is 14.3 Å². The minimum Gasteiger partial charge on any atom is -0.475 e. The van der Waals surface area contributed by atoms with Gasteiger partial charge in [-0.3, -0.25) is 9.69 Å². The average molecular weight is 458 g/mol. The Bertz CT molecular complexity index is 776. The number of furan rings is 1. The average Bonchev–Trinajstić information content (AvgIpc) is 3.20.